The lowest BCUT2D eigenvalue weighted by molar-refractivity contribution is -0.116. The molecule has 0 spiro atoms. The molecule has 1 aliphatic rings. The predicted octanol–water partition coefficient (Wildman–Crippen LogP) is 5.55. The fraction of sp³-hybridized carbons (Fsp3) is 0.391. The van der Waals surface area contributed by atoms with Gasteiger partial charge < -0.3 is 5.32 Å². The van der Waals surface area contributed by atoms with Crippen molar-refractivity contribution in [2.24, 2.45) is 0 Å². The number of rotatable bonds is 8. The van der Waals surface area contributed by atoms with E-state index in [1.54, 1.807) is 11.8 Å². The average molecular weight is 397 g/mol. The zero-order valence-corrected chi connectivity index (χ0v) is 17.4. The van der Waals surface area contributed by atoms with Gasteiger partial charge in [0.25, 0.3) is 0 Å². The van der Waals surface area contributed by atoms with Crippen LogP contribution in [0.5, 0.6) is 0 Å². The number of hydrogen-bond acceptors (Lipinski definition) is 3. The Morgan fingerprint density at radius 2 is 1.86 bits per heavy atom. The van der Waals surface area contributed by atoms with Crippen LogP contribution in [0.2, 0.25) is 0 Å². The van der Waals surface area contributed by atoms with Gasteiger partial charge >= 0.3 is 0 Å². The Kier molecular flexibility index (Phi) is 7.15. The molecule has 0 bridgehead atoms. The number of hydrogen-bond donors (Lipinski definition) is 1. The Hall–Kier alpha value is -2.27. The lowest BCUT2D eigenvalue weighted by Crippen LogP contribution is -2.28. The van der Waals surface area contributed by atoms with Crippen LogP contribution in [-0.4, -0.2) is 17.6 Å². The summed E-state index contributed by atoms with van der Waals surface area (Å²) in [6.45, 7) is 4.23. The van der Waals surface area contributed by atoms with Gasteiger partial charge in [0.2, 0.25) is 11.8 Å². The van der Waals surface area contributed by atoms with E-state index in [0.29, 0.717) is 12.2 Å². The van der Waals surface area contributed by atoms with Gasteiger partial charge in [-0.05, 0) is 42.2 Å². The highest BCUT2D eigenvalue weighted by molar-refractivity contribution is 8.00. The topological polar surface area (TPSA) is 49.4 Å². The Morgan fingerprint density at radius 1 is 1.11 bits per heavy atom. The minimum absolute atomic E-state index is 0.0321. The number of amides is 2. The summed E-state index contributed by atoms with van der Waals surface area (Å²) in [4.78, 5) is 26.5. The number of carbonyl (C=O) groups excluding carboxylic acids is 2. The number of thioether (sulfide) groups is 1. The molecule has 2 aromatic rings. The summed E-state index contributed by atoms with van der Waals surface area (Å²) in [5.41, 5.74) is 4.11. The van der Waals surface area contributed by atoms with E-state index in [9.17, 15) is 9.59 Å². The Bertz CT molecular complexity index is 820. The number of carbonyl (C=O) groups is 2. The van der Waals surface area contributed by atoms with Gasteiger partial charge in [-0.3, -0.25) is 14.5 Å². The number of nitrogens with zero attached hydrogens (tertiary/aromatic N) is 1. The quantitative estimate of drug-likeness (QED) is 0.637. The van der Waals surface area contributed by atoms with Crippen molar-refractivity contribution in [3.05, 3.63) is 59.7 Å². The van der Waals surface area contributed by atoms with Gasteiger partial charge in [0.1, 0.15) is 5.37 Å². The molecule has 1 saturated heterocycles. The van der Waals surface area contributed by atoms with Gasteiger partial charge in [-0.1, -0.05) is 57.0 Å². The molecule has 2 aromatic carbocycles. The summed E-state index contributed by atoms with van der Waals surface area (Å²) < 4.78 is 0. The van der Waals surface area contributed by atoms with E-state index in [0.717, 1.165) is 42.6 Å². The molecule has 1 fully saturated rings. The SMILES string of the molecule is CCCCC(=O)Nc1ccc([C@@H]2SCC(=O)N2c2ccccc2CCC)cc1. The van der Waals surface area contributed by atoms with E-state index in [2.05, 4.69) is 25.2 Å². The van der Waals surface area contributed by atoms with Crippen LogP contribution in [0.15, 0.2) is 48.5 Å². The summed E-state index contributed by atoms with van der Waals surface area (Å²) in [5, 5.41) is 2.91. The molecule has 148 valence electrons. The molecule has 1 heterocycles. The molecule has 5 heteroatoms. The van der Waals surface area contributed by atoms with Crippen molar-refractivity contribution in [1.29, 1.82) is 0 Å². The van der Waals surface area contributed by atoms with Crippen molar-refractivity contribution >= 4 is 35.0 Å². The Morgan fingerprint density at radius 3 is 2.57 bits per heavy atom. The summed E-state index contributed by atoms with van der Waals surface area (Å²) >= 11 is 1.65. The van der Waals surface area contributed by atoms with E-state index < -0.39 is 0 Å². The second kappa shape index (κ2) is 9.78. The number of anilines is 2. The third-order valence-electron chi connectivity index (χ3n) is 4.88. The summed E-state index contributed by atoms with van der Waals surface area (Å²) in [7, 11) is 0. The summed E-state index contributed by atoms with van der Waals surface area (Å²) in [6.07, 6.45) is 4.46. The Labute approximate surface area is 171 Å². The molecule has 0 aromatic heterocycles. The van der Waals surface area contributed by atoms with Gasteiger partial charge in [0.15, 0.2) is 0 Å². The standard InChI is InChI=1S/C23H28N2O2S/c1-3-5-11-21(26)24-19-14-12-18(13-15-19)23-25(22(27)16-28-23)20-10-7-6-9-17(20)8-4-2/h6-7,9-10,12-15,23H,3-5,8,11,16H2,1-2H3,(H,24,26)/t23-/m0/s1. The molecule has 0 aliphatic carbocycles. The van der Waals surface area contributed by atoms with Crippen LogP contribution in [0.1, 0.15) is 56.0 Å². The molecule has 1 N–H and O–H groups in total. The zero-order valence-electron chi connectivity index (χ0n) is 16.6. The number of para-hydroxylation sites is 1. The molecule has 1 aliphatic heterocycles. The van der Waals surface area contributed by atoms with Crippen molar-refractivity contribution in [3.8, 4) is 0 Å². The number of nitrogens with one attached hydrogen (secondary N) is 1. The van der Waals surface area contributed by atoms with Crippen molar-refractivity contribution in [3.63, 3.8) is 0 Å². The van der Waals surface area contributed by atoms with Crippen molar-refractivity contribution in [1.82, 2.24) is 0 Å². The normalized spacial score (nSPS) is 16.4. The highest BCUT2D eigenvalue weighted by Crippen LogP contribution is 2.43. The van der Waals surface area contributed by atoms with E-state index in [1.807, 2.05) is 47.4 Å². The third kappa shape index (κ3) is 4.76. The maximum Gasteiger partial charge on any atom is 0.238 e. The molecule has 0 saturated carbocycles. The number of benzene rings is 2. The van der Waals surface area contributed by atoms with Gasteiger partial charge in [-0.15, -0.1) is 11.8 Å². The minimum Gasteiger partial charge on any atom is -0.326 e. The largest absolute Gasteiger partial charge is 0.326 e. The molecule has 0 unspecified atom stereocenters. The molecule has 2 amide bonds. The van der Waals surface area contributed by atoms with Crippen molar-refractivity contribution < 1.29 is 9.59 Å². The predicted molar refractivity (Wildman–Crippen MR) is 118 cm³/mol. The fourth-order valence-electron chi connectivity index (χ4n) is 3.45. The molecule has 0 radical (unpaired) electrons. The average Bonchev–Trinajstić information content (AvgIpc) is 3.09. The maximum absolute atomic E-state index is 12.7. The van der Waals surface area contributed by atoms with Crippen LogP contribution >= 0.6 is 11.8 Å². The number of unbranched alkanes of at least 4 members (excludes halogenated alkanes) is 1. The second-order valence-corrected chi connectivity index (χ2v) is 8.15. The zero-order chi connectivity index (χ0) is 19.9. The molecular formula is C23H28N2O2S. The van der Waals surface area contributed by atoms with Gasteiger partial charge in [0, 0.05) is 17.8 Å². The van der Waals surface area contributed by atoms with Crippen LogP contribution in [-0.2, 0) is 16.0 Å². The van der Waals surface area contributed by atoms with Crippen LogP contribution in [0.3, 0.4) is 0 Å². The molecule has 3 rings (SSSR count). The lowest BCUT2D eigenvalue weighted by atomic mass is 10.1. The smallest absolute Gasteiger partial charge is 0.238 e. The fourth-order valence-corrected chi connectivity index (χ4v) is 4.62. The first-order valence-electron chi connectivity index (χ1n) is 10.1. The van der Waals surface area contributed by atoms with E-state index >= 15 is 0 Å². The van der Waals surface area contributed by atoms with Crippen molar-refractivity contribution in [2.45, 2.75) is 51.3 Å². The second-order valence-electron chi connectivity index (χ2n) is 7.08. The molecular weight excluding hydrogens is 368 g/mol. The first-order valence-corrected chi connectivity index (χ1v) is 11.1. The lowest BCUT2D eigenvalue weighted by Gasteiger charge is -2.26. The van der Waals surface area contributed by atoms with Crippen LogP contribution in [0.4, 0.5) is 11.4 Å². The maximum atomic E-state index is 12.7. The molecule has 1 atom stereocenters. The monoisotopic (exact) mass is 396 g/mol. The van der Waals surface area contributed by atoms with Crippen LogP contribution < -0.4 is 10.2 Å². The van der Waals surface area contributed by atoms with Gasteiger partial charge in [-0.2, -0.15) is 0 Å². The third-order valence-corrected chi connectivity index (χ3v) is 6.09. The Balaban J connectivity index is 1.79. The molecule has 4 nitrogen and oxygen atoms in total. The van der Waals surface area contributed by atoms with Gasteiger partial charge in [-0.25, -0.2) is 0 Å². The van der Waals surface area contributed by atoms with E-state index in [4.69, 9.17) is 0 Å². The van der Waals surface area contributed by atoms with Crippen LogP contribution in [0, 0.1) is 0 Å². The molecule has 28 heavy (non-hydrogen) atoms. The summed E-state index contributed by atoms with van der Waals surface area (Å²) in [6, 6.07) is 16.1. The highest BCUT2D eigenvalue weighted by Gasteiger charge is 2.34. The van der Waals surface area contributed by atoms with E-state index in [1.165, 1.54) is 5.56 Å². The minimum atomic E-state index is -0.0321. The first-order chi connectivity index (χ1) is 13.6. The van der Waals surface area contributed by atoms with Crippen molar-refractivity contribution in [2.75, 3.05) is 16.0 Å². The van der Waals surface area contributed by atoms with E-state index in [-0.39, 0.29) is 17.2 Å². The first kappa shape index (κ1) is 20.5. The van der Waals surface area contributed by atoms with Crippen LogP contribution in [0.25, 0.3) is 0 Å². The summed E-state index contributed by atoms with van der Waals surface area (Å²) in [5.74, 6) is 0.686. The number of aryl methyl sites for hydroxylation is 1. The van der Waals surface area contributed by atoms with Gasteiger partial charge in [0.05, 0.1) is 5.75 Å². The highest BCUT2D eigenvalue weighted by atomic mass is 32.2.